The van der Waals surface area contributed by atoms with Gasteiger partial charge in [-0.1, -0.05) is 487 Å². The highest BCUT2D eigenvalue weighted by Crippen LogP contribution is 2.45. The molecule has 1 aliphatic carbocycles. The molecule has 0 aromatic heterocycles. The number of esters is 5. The minimum absolute atomic E-state index is 0.00116. The lowest BCUT2D eigenvalue weighted by molar-refractivity contribution is -0.149. The van der Waals surface area contributed by atoms with Crippen LogP contribution in [0.3, 0.4) is 0 Å². The summed E-state index contributed by atoms with van der Waals surface area (Å²) in [7, 11) is -0.844. The van der Waals surface area contributed by atoms with E-state index in [0.717, 1.165) is 95.3 Å². The van der Waals surface area contributed by atoms with Gasteiger partial charge in [-0.3, -0.25) is 28.8 Å². The number of hydrogen-bond donors (Lipinski definition) is 1. The Morgan fingerprint density at radius 2 is 0.755 bits per heavy atom. The third kappa shape index (κ3) is 99.7. The minimum atomic E-state index is -0.844. The average molecular weight is 2040 g/mol. The Morgan fingerprint density at radius 3 is 1.07 bits per heavy atom. The van der Waals surface area contributed by atoms with E-state index >= 15 is 0 Å². The van der Waals surface area contributed by atoms with Gasteiger partial charge in [-0.25, -0.2) is 0 Å². The molecule has 5 aromatic carbocycles. The van der Waals surface area contributed by atoms with Crippen LogP contribution in [0, 0.1) is 107 Å². The van der Waals surface area contributed by atoms with E-state index in [1.807, 2.05) is 144 Å². The lowest BCUT2D eigenvalue weighted by atomic mass is 9.90. The first-order valence-electron chi connectivity index (χ1n) is 54.1. The van der Waals surface area contributed by atoms with Crippen LogP contribution >= 0.6 is 0 Å². The second-order valence-corrected chi connectivity index (χ2v) is 49.6. The van der Waals surface area contributed by atoms with Crippen molar-refractivity contribution in [1.82, 2.24) is 0 Å². The third-order valence-corrected chi connectivity index (χ3v) is 25.6. The van der Waals surface area contributed by atoms with Crippen molar-refractivity contribution in [1.29, 1.82) is 0 Å². The molecule has 0 atom stereocenters. The monoisotopic (exact) mass is 2040 g/mol. The highest BCUT2D eigenvalue weighted by molar-refractivity contribution is 6.78. The van der Waals surface area contributed by atoms with Crippen LogP contribution in [-0.2, 0) is 78.5 Å². The number of carbonyl (C=O) groups is 6. The van der Waals surface area contributed by atoms with Gasteiger partial charge in [-0.2, -0.15) is 0 Å². The Labute approximate surface area is 903 Å². The van der Waals surface area contributed by atoms with Crippen molar-refractivity contribution in [3.63, 3.8) is 0 Å². The summed E-state index contributed by atoms with van der Waals surface area (Å²) in [6.07, 6.45) is 16.6. The van der Waals surface area contributed by atoms with Crippen LogP contribution in [0.25, 0.3) is 11.1 Å². The maximum Gasteiger partial charge on any atom is 0.308 e. The second kappa shape index (κ2) is 97.4. The van der Waals surface area contributed by atoms with Gasteiger partial charge in [0.2, 0.25) is 0 Å². The van der Waals surface area contributed by atoms with E-state index in [1.165, 1.54) is 65.1 Å². The number of ether oxygens (including phenoxy) is 5. The van der Waals surface area contributed by atoms with Crippen LogP contribution in [-0.4, -0.2) is 75.2 Å². The van der Waals surface area contributed by atoms with Gasteiger partial charge in [-0.15, -0.1) is 6.58 Å². The van der Waals surface area contributed by atoms with Gasteiger partial charge < -0.3 is 28.8 Å². The molecule has 1 aliphatic rings. The molecule has 0 spiro atoms. The normalized spacial score (nSPS) is 10.4. The van der Waals surface area contributed by atoms with Crippen molar-refractivity contribution >= 4 is 43.7 Å². The Hall–Kier alpha value is -10.6. The molecule has 822 valence electrons. The first-order valence-corrected chi connectivity index (χ1v) is 57.4. The molecular weight excluding hydrogens is 1830 g/mol. The van der Waals surface area contributed by atoms with Crippen LogP contribution in [0.15, 0.2) is 265 Å². The van der Waals surface area contributed by atoms with Gasteiger partial charge in [-0.05, 0) is 227 Å². The average Bonchev–Trinajstić information content (AvgIpc) is 1.61. The number of fused-ring (bicyclic) bond motifs is 3. The number of aliphatic hydroxyl groups excluding tert-OH is 1. The number of carbonyl (C=O) groups excluding carboxylic acids is 6. The molecule has 6 rings (SSSR count). The molecule has 0 amide bonds. The van der Waals surface area contributed by atoms with Crippen LogP contribution in [0.2, 0.25) is 24.7 Å². The Kier molecular flexibility index (Phi) is 101. The van der Waals surface area contributed by atoms with Crippen LogP contribution in [0.5, 0.6) is 0 Å². The Morgan fingerprint density at radius 1 is 0.388 bits per heavy atom. The molecule has 0 aliphatic heterocycles. The van der Waals surface area contributed by atoms with Crippen LogP contribution < -0.4 is 0 Å². The molecule has 0 saturated heterocycles. The summed E-state index contributed by atoms with van der Waals surface area (Å²) in [4.78, 5) is 65.4. The van der Waals surface area contributed by atoms with Gasteiger partial charge in [0, 0.05) is 17.8 Å². The third-order valence-electron chi connectivity index (χ3n) is 20.6. The molecule has 12 nitrogen and oxygen atoms in total. The molecule has 0 fully saturated rings. The summed E-state index contributed by atoms with van der Waals surface area (Å²) in [5.41, 5.74) is 44.0. The van der Waals surface area contributed by atoms with Crippen molar-refractivity contribution in [3.05, 3.63) is 298 Å². The van der Waals surface area contributed by atoms with Crippen LogP contribution in [0.4, 0.5) is 0 Å². The van der Waals surface area contributed by atoms with Crippen LogP contribution in [0.1, 0.15) is 348 Å². The summed E-state index contributed by atoms with van der Waals surface area (Å²) in [5.74, 6) is 7.74. The predicted octanol–water partition coefficient (Wildman–Crippen LogP) is 36.5. The summed E-state index contributed by atoms with van der Waals surface area (Å²) >= 11 is 0. The number of allylic oxidation sites excluding steroid dienone is 4. The molecule has 147 heavy (non-hydrogen) atoms. The Bertz CT molecular complexity index is 4660. The second-order valence-electron chi connectivity index (χ2n) is 44.0. The number of rotatable bonds is 36. The number of Topliss-reactive ketones (excluding diaryl/α,β-unsaturated/α-hetero) is 1. The summed E-state index contributed by atoms with van der Waals surface area (Å²) in [6.45, 7) is 106. The molecule has 0 bridgehead atoms. The first-order chi connectivity index (χ1) is 68.7. The standard InChI is InChI=1S/C22H16.C18H18O2.C11H14O2.C11H22O2.C11H16O.C10H14.C9H22Si.C8H16O2.C7H12O2.C7H16.C6H12.C5H10O.C5H12.C4H10/c1-6-9-12-15-17-21(18-16-13-10-7-2)22(20(4)5)19-14-11-8-3;1-12(2)18(19)20-11-17-15-9-5-3-7-13(15)14-8-4-6-10-16(14)17;1-9(2)11(12)13-8-10-6-4-3-5-7-10;1-9(2)7-5-6-8-13-11(12)10(3)4;1-9(2)7-10-3-5-11(8-12)6-4-10;1-9(2)8-10-6-4-3-5-7-10;1-8(2)7-10(5,6)9(3)4;1-6(2)5-10-8(9)7(3)4;1-4-5-9-7(8)6(2)3;1-6(2)5-7(3)4;1-4-5-6(2)3;1-4(2)5(3)6;1-4-5(2)3;1-4(2)3/h17-18,20-21H,1-3H2,4-5H3;3-10,12,17H,11H2,1-2H3;3-7,9H,8H2,1-2H3;9-10H,5-8H2,1-4H3;3-6,9,12H,7-8H2,1-2H3;3-7,9H,8H2,1-2H3;8-9H,7H2,1-6H3;6-7H,5H2,1-4H3;4,6H,1,5H2,2-3H3;6-7H,5H2,1-4H3;4,6H,1,5H2,2-3H3;4H,1-3H3;5H,4H2,1-3H3;4H,1-3H3. The van der Waals surface area contributed by atoms with E-state index in [2.05, 4.69) is 360 Å². The zero-order valence-electron chi connectivity index (χ0n) is 101. The lowest BCUT2D eigenvalue weighted by Gasteiger charge is -2.28. The zero-order chi connectivity index (χ0) is 115. The quantitative estimate of drug-likeness (QED) is 0.0101. The summed E-state index contributed by atoms with van der Waals surface area (Å²) in [5, 5.41) is 8.81. The largest absolute Gasteiger partial charge is 0.465 e. The van der Waals surface area contributed by atoms with Gasteiger partial charge in [0.25, 0.3) is 0 Å². The maximum atomic E-state index is 11.7. The number of ketones is 1. The number of hydrogen-bond acceptors (Lipinski definition) is 12. The molecule has 0 heterocycles. The first kappa shape index (κ1) is 152. The molecule has 13 heteroatoms. The topological polar surface area (TPSA) is 169 Å². The smallest absolute Gasteiger partial charge is 0.308 e. The van der Waals surface area contributed by atoms with Gasteiger partial charge in [0.1, 0.15) is 25.6 Å². The summed E-state index contributed by atoms with van der Waals surface area (Å²) in [6, 6.07) is 46.6. The zero-order valence-corrected chi connectivity index (χ0v) is 102. The highest BCUT2D eigenvalue weighted by atomic mass is 28.3. The fourth-order valence-corrected chi connectivity index (χ4v) is 14.3. The van der Waals surface area contributed by atoms with Gasteiger partial charge >= 0.3 is 29.8 Å². The lowest BCUT2D eigenvalue weighted by Crippen LogP contribution is -2.30. The predicted molar refractivity (Wildman–Crippen MR) is 635 cm³/mol. The molecule has 0 unspecified atom stereocenters. The highest BCUT2D eigenvalue weighted by Gasteiger charge is 2.30. The van der Waals surface area contributed by atoms with E-state index in [4.69, 9.17) is 28.8 Å². The summed E-state index contributed by atoms with van der Waals surface area (Å²) < 4.78 is 25.2. The molecule has 0 saturated carbocycles. The van der Waals surface area contributed by atoms with Gasteiger partial charge in [0.05, 0.1) is 57.5 Å². The number of aliphatic hydroxyl groups is 1. The van der Waals surface area contributed by atoms with Crippen molar-refractivity contribution in [2.45, 2.75) is 365 Å². The number of unbranched alkanes of at least 4 members (excludes halogenated alkanes) is 1. The van der Waals surface area contributed by atoms with E-state index in [-0.39, 0.29) is 95.5 Å². The Balaban J connectivity index is -0.000000241. The maximum absolute atomic E-state index is 11.7. The van der Waals surface area contributed by atoms with Crippen molar-refractivity contribution in [2.75, 3.05) is 26.4 Å². The molecule has 0 radical (unpaired) electrons. The van der Waals surface area contributed by atoms with Crippen molar-refractivity contribution in [3.8, 4) is 11.1 Å². The van der Waals surface area contributed by atoms with E-state index in [1.54, 1.807) is 39.0 Å². The fourth-order valence-electron chi connectivity index (χ4n) is 11.7. The van der Waals surface area contributed by atoms with E-state index in [0.29, 0.717) is 44.9 Å². The van der Waals surface area contributed by atoms with Crippen molar-refractivity contribution < 1.29 is 57.6 Å². The fraction of sp³-hybridized carbons (Fsp3) is 0.567. The van der Waals surface area contributed by atoms with E-state index in [9.17, 15) is 28.8 Å². The minimum Gasteiger partial charge on any atom is -0.465 e. The number of benzene rings is 5. The molecule has 1 N–H and O–H groups in total. The van der Waals surface area contributed by atoms with Crippen molar-refractivity contribution in [2.24, 2.45) is 107 Å². The molecule has 5 aromatic rings. The molecular formula is C134H210O12Si. The SMILES string of the molecule is C=C=C=C=C=CC(C=C=C=C=C=C)C(=C=C=C=C=C)C(C)C.C=CCC(C)C.C=CCOC(=O)C(C)C.CC(=O)C(C)C.CC(C)C.CC(C)C(=O)OCC1c2ccccc2-c2ccccc21.CC(C)C(=O)OCc1ccccc1.CC(C)CC(C)C.CC(C)CCCCOC(=O)C(C)C.CC(C)COC(=O)C(C)C.CC(C)C[Si](C)(C)C(C)C.CC(C)Cc1ccc(CO)cc1.CC(C)Cc1ccccc1.CCC(C)C. The van der Waals surface area contributed by atoms with E-state index < -0.39 is 8.07 Å². The van der Waals surface area contributed by atoms with Gasteiger partial charge in [0.15, 0.2) is 0 Å².